The molecule has 4 nitrogen and oxygen atoms in total. The van der Waals surface area contributed by atoms with E-state index in [2.05, 4.69) is 0 Å². The average molecular weight is 240 g/mol. The fraction of sp³-hybridized carbons (Fsp3) is 0. The lowest BCUT2D eigenvalue weighted by Gasteiger charge is -2.03. The SMILES string of the molecule is O=[N+]([O-])c1ccc(OP(Cl)Cl)cc1. The molecule has 0 fully saturated rings. The molecule has 0 amide bonds. The fourth-order valence-electron chi connectivity index (χ4n) is 0.708. The average Bonchev–Trinajstić information content (AvgIpc) is 2.04. The molecular formula is C6H4Cl2NO3P. The van der Waals surface area contributed by atoms with Crippen LogP contribution in [0.25, 0.3) is 0 Å². The molecule has 1 rings (SSSR count). The van der Waals surface area contributed by atoms with Crippen LogP contribution in [0.4, 0.5) is 5.69 Å². The summed E-state index contributed by atoms with van der Waals surface area (Å²) in [6.07, 6.45) is 0. The third kappa shape index (κ3) is 3.35. The second-order valence-electron chi connectivity index (χ2n) is 2.04. The highest BCUT2D eigenvalue weighted by molar-refractivity contribution is 8.00. The smallest absolute Gasteiger partial charge is 0.284 e. The molecule has 0 radical (unpaired) electrons. The summed E-state index contributed by atoms with van der Waals surface area (Å²) in [4.78, 5) is 9.76. The standard InChI is InChI=1S/C6H4Cl2NO3P/c7-13(8)12-6-3-1-5(2-4-6)9(10)11/h1-4H. The van der Waals surface area contributed by atoms with Crippen molar-refractivity contribution >= 4 is 35.0 Å². The summed E-state index contributed by atoms with van der Waals surface area (Å²) < 4.78 is 4.92. The molecule has 0 aliphatic heterocycles. The van der Waals surface area contributed by atoms with Crippen LogP contribution in [0.3, 0.4) is 0 Å². The summed E-state index contributed by atoms with van der Waals surface area (Å²) in [6, 6.07) is 5.53. The second kappa shape index (κ2) is 4.61. The van der Waals surface area contributed by atoms with E-state index in [0.29, 0.717) is 5.75 Å². The van der Waals surface area contributed by atoms with Gasteiger partial charge in [0.2, 0.25) is 0 Å². The van der Waals surface area contributed by atoms with Gasteiger partial charge in [0.15, 0.2) is 0 Å². The lowest BCUT2D eigenvalue weighted by Crippen LogP contribution is -1.86. The van der Waals surface area contributed by atoms with Crippen LogP contribution in [0.15, 0.2) is 24.3 Å². The summed E-state index contributed by atoms with van der Waals surface area (Å²) >= 11 is 10.8. The number of rotatable bonds is 3. The van der Waals surface area contributed by atoms with Gasteiger partial charge in [-0.2, -0.15) is 0 Å². The first-order chi connectivity index (χ1) is 6.09. The summed E-state index contributed by atoms with van der Waals surface area (Å²) in [5.74, 6) is 0.418. The minimum absolute atomic E-state index is 0.000762. The van der Waals surface area contributed by atoms with Gasteiger partial charge in [0, 0.05) is 12.1 Å². The largest absolute Gasteiger partial charge is 0.445 e. The topological polar surface area (TPSA) is 52.4 Å². The number of hydrogen-bond donors (Lipinski definition) is 0. The molecule has 0 aromatic heterocycles. The van der Waals surface area contributed by atoms with Crippen LogP contribution >= 0.6 is 29.3 Å². The third-order valence-corrected chi connectivity index (χ3v) is 1.98. The number of nitro groups is 1. The van der Waals surface area contributed by atoms with Crippen LogP contribution in [0.1, 0.15) is 0 Å². The number of nitrogens with zero attached hydrogens (tertiary/aromatic N) is 1. The van der Waals surface area contributed by atoms with Crippen molar-refractivity contribution in [2.24, 2.45) is 0 Å². The molecule has 0 N–H and O–H groups in total. The zero-order chi connectivity index (χ0) is 9.84. The molecule has 0 aliphatic rings. The van der Waals surface area contributed by atoms with Crippen LogP contribution in [-0.2, 0) is 0 Å². The molecular weight excluding hydrogens is 236 g/mol. The van der Waals surface area contributed by atoms with Crippen molar-refractivity contribution in [2.75, 3.05) is 0 Å². The Labute approximate surface area is 85.0 Å². The van der Waals surface area contributed by atoms with Gasteiger partial charge in [-0.15, -0.1) is 0 Å². The molecule has 0 saturated heterocycles. The van der Waals surface area contributed by atoms with Crippen LogP contribution in [0, 0.1) is 10.1 Å². The molecule has 0 heterocycles. The van der Waals surface area contributed by atoms with Crippen LogP contribution in [0.5, 0.6) is 5.75 Å². The van der Waals surface area contributed by atoms with E-state index in [-0.39, 0.29) is 5.69 Å². The van der Waals surface area contributed by atoms with Crippen LogP contribution in [-0.4, -0.2) is 4.92 Å². The highest BCUT2D eigenvalue weighted by atomic mass is 35.9. The molecule has 0 aliphatic carbocycles. The Hall–Kier alpha value is -0.570. The number of halogens is 2. The van der Waals surface area contributed by atoms with Crippen LogP contribution in [0.2, 0.25) is 0 Å². The normalized spacial score (nSPS) is 10.1. The molecule has 0 atom stereocenters. The molecule has 13 heavy (non-hydrogen) atoms. The first-order valence-corrected chi connectivity index (χ1v) is 6.20. The Bertz CT molecular complexity index is 303. The van der Waals surface area contributed by atoms with Crippen molar-refractivity contribution in [3.05, 3.63) is 34.4 Å². The Morgan fingerprint density at radius 1 is 1.31 bits per heavy atom. The Morgan fingerprint density at radius 3 is 2.23 bits per heavy atom. The van der Waals surface area contributed by atoms with E-state index >= 15 is 0 Å². The minimum Gasteiger partial charge on any atom is -0.445 e. The van der Waals surface area contributed by atoms with Gasteiger partial charge >= 0.3 is 0 Å². The molecule has 0 saturated carbocycles. The predicted octanol–water partition coefficient (Wildman–Crippen LogP) is 3.68. The van der Waals surface area contributed by atoms with Crippen LogP contribution < -0.4 is 4.52 Å². The van der Waals surface area contributed by atoms with E-state index in [9.17, 15) is 10.1 Å². The summed E-state index contributed by atoms with van der Waals surface area (Å²) in [5, 5.41) is 10.3. The first-order valence-electron chi connectivity index (χ1n) is 3.13. The number of non-ortho nitro benzene ring substituents is 1. The Kier molecular flexibility index (Phi) is 3.72. The van der Waals surface area contributed by atoms with Crippen molar-refractivity contribution in [3.63, 3.8) is 0 Å². The van der Waals surface area contributed by atoms with Gasteiger partial charge in [-0.3, -0.25) is 10.1 Å². The van der Waals surface area contributed by atoms with Gasteiger partial charge in [-0.25, -0.2) is 0 Å². The van der Waals surface area contributed by atoms with Gasteiger partial charge in [0.05, 0.1) is 4.92 Å². The maximum absolute atomic E-state index is 10.3. The lowest BCUT2D eigenvalue weighted by atomic mass is 10.3. The summed E-state index contributed by atoms with van der Waals surface area (Å²) in [5.41, 5.74) is 0.000762. The van der Waals surface area contributed by atoms with Gasteiger partial charge in [0.25, 0.3) is 12.5 Å². The minimum atomic E-state index is -1.53. The molecule has 0 spiro atoms. The highest BCUT2D eigenvalue weighted by Crippen LogP contribution is 2.47. The van der Waals surface area contributed by atoms with Gasteiger partial charge in [0.1, 0.15) is 5.75 Å². The number of nitro benzene ring substituents is 1. The molecule has 7 heteroatoms. The third-order valence-electron chi connectivity index (χ3n) is 1.22. The monoisotopic (exact) mass is 239 g/mol. The zero-order valence-electron chi connectivity index (χ0n) is 6.18. The van der Waals surface area contributed by atoms with E-state index in [1.807, 2.05) is 0 Å². The van der Waals surface area contributed by atoms with E-state index in [1.165, 1.54) is 24.3 Å². The zero-order valence-corrected chi connectivity index (χ0v) is 8.59. The van der Waals surface area contributed by atoms with Gasteiger partial charge in [-0.05, 0) is 34.6 Å². The highest BCUT2D eigenvalue weighted by Gasteiger charge is 2.06. The van der Waals surface area contributed by atoms with Crippen molar-refractivity contribution in [3.8, 4) is 5.75 Å². The molecule has 70 valence electrons. The second-order valence-corrected chi connectivity index (χ2v) is 4.99. The summed E-state index contributed by atoms with van der Waals surface area (Å²) in [7, 11) is 0. The van der Waals surface area contributed by atoms with E-state index in [1.54, 1.807) is 0 Å². The number of benzene rings is 1. The van der Waals surface area contributed by atoms with Crippen molar-refractivity contribution in [1.29, 1.82) is 0 Å². The van der Waals surface area contributed by atoms with Crippen molar-refractivity contribution in [1.82, 2.24) is 0 Å². The molecule has 1 aromatic rings. The molecule has 0 bridgehead atoms. The molecule has 0 unspecified atom stereocenters. The molecule has 1 aromatic carbocycles. The Balaban J connectivity index is 2.75. The maximum atomic E-state index is 10.3. The Morgan fingerprint density at radius 2 is 1.85 bits per heavy atom. The predicted molar refractivity (Wildman–Crippen MR) is 52.4 cm³/mol. The van der Waals surface area contributed by atoms with Gasteiger partial charge in [-0.1, -0.05) is 0 Å². The lowest BCUT2D eigenvalue weighted by molar-refractivity contribution is -0.384. The van der Waals surface area contributed by atoms with E-state index in [4.69, 9.17) is 27.0 Å². The fourth-order valence-corrected chi connectivity index (χ4v) is 1.47. The quantitative estimate of drug-likeness (QED) is 0.460. The maximum Gasteiger partial charge on any atom is 0.284 e. The van der Waals surface area contributed by atoms with Gasteiger partial charge < -0.3 is 4.52 Å². The van der Waals surface area contributed by atoms with E-state index < -0.39 is 11.8 Å². The number of hydrogen-bond acceptors (Lipinski definition) is 3. The van der Waals surface area contributed by atoms with Crippen molar-refractivity contribution < 1.29 is 9.45 Å². The van der Waals surface area contributed by atoms with Crippen molar-refractivity contribution in [2.45, 2.75) is 0 Å². The first kappa shape index (κ1) is 10.5. The van der Waals surface area contributed by atoms with E-state index in [0.717, 1.165) is 0 Å². The summed E-state index contributed by atoms with van der Waals surface area (Å²) in [6.45, 7) is -1.53.